The molecule has 0 bridgehead atoms. The molecule has 206 valence electrons. The Hall–Kier alpha value is -4.26. The number of aliphatic carboxylic acids is 2. The third-order valence-electron chi connectivity index (χ3n) is 5.81. The van der Waals surface area contributed by atoms with Crippen LogP contribution in [0.1, 0.15) is 37.9 Å². The molecule has 3 amide bonds. The van der Waals surface area contributed by atoms with Gasteiger partial charge in [0, 0.05) is 31.2 Å². The SMILES string of the molecule is CC(C)C(N)C(=O)NC(CCC(=O)O)C(=O)NC(Cc1ccccc1)C(=O)NC(Cc1cnc[nH]1)C(=O)O. The second kappa shape index (κ2) is 14.5. The number of carbonyl (C=O) groups is 5. The maximum Gasteiger partial charge on any atom is 0.326 e. The largest absolute Gasteiger partial charge is 0.481 e. The zero-order chi connectivity index (χ0) is 28.2. The lowest BCUT2D eigenvalue weighted by Gasteiger charge is -2.25. The molecule has 1 aromatic carbocycles. The van der Waals surface area contributed by atoms with E-state index in [0.717, 1.165) is 0 Å². The second-order valence-corrected chi connectivity index (χ2v) is 9.19. The van der Waals surface area contributed by atoms with Crippen molar-refractivity contribution in [3.8, 4) is 0 Å². The maximum atomic E-state index is 13.2. The van der Waals surface area contributed by atoms with Crippen LogP contribution in [0.5, 0.6) is 0 Å². The molecule has 0 saturated carbocycles. The van der Waals surface area contributed by atoms with Crippen molar-refractivity contribution >= 4 is 29.7 Å². The van der Waals surface area contributed by atoms with E-state index in [4.69, 9.17) is 10.8 Å². The van der Waals surface area contributed by atoms with E-state index in [0.29, 0.717) is 11.3 Å². The van der Waals surface area contributed by atoms with Crippen LogP contribution in [0.4, 0.5) is 0 Å². The van der Waals surface area contributed by atoms with E-state index in [1.807, 2.05) is 0 Å². The number of hydrogen-bond acceptors (Lipinski definition) is 7. The Bertz CT molecular complexity index is 1090. The summed E-state index contributed by atoms with van der Waals surface area (Å²) < 4.78 is 0. The number of amides is 3. The number of imidazole rings is 1. The van der Waals surface area contributed by atoms with Crippen molar-refractivity contribution in [2.24, 2.45) is 11.7 Å². The van der Waals surface area contributed by atoms with Gasteiger partial charge in [0.05, 0.1) is 12.4 Å². The van der Waals surface area contributed by atoms with E-state index in [1.54, 1.807) is 44.2 Å². The smallest absolute Gasteiger partial charge is 0.326 e. The third kappa shape index (κ3) is 9.65. The van der Waals surface area contributed by atoms with Crippen molar-refractivity contribution in [3.05, 3.63) is 54.1 Å². The summed E-state index contributed by atoms with van der Waals surface area (Å²) in [7, 11) is 0. The van der Waals surface area contributed by atoms with Gasteiger partial charge in [-0.15, -0.1) is 0 Å². The summed E-state index contributed by atoms with van der Waals surface area (Å²) in [6.45, 7) is 3.44. The lowest BCUT2D eigenvalue weighted by Crippen LogP contribution is -2.58. The molecule has 0 aliphatic carbocycles. The summed E-state index contributed by atoms with van der Waals surface area (Å²) in [6.07, 6.45) is 2.09. The molecule has 1 aromatic heterocycles. The lowest BCUT2D eigenvalue weighted by atomic mass is 10.0. The zero-order valence-electron chi connectivity index (χ0n) is 21.2. The lowest BCUT2D eigenvalue weighted by molar-refractivity contribution is -0.142. The Morgan fingerprint density at radius 2 is 1.50 bits per heavy atom. The highest BCUT2D eigenvalue weighted by molar-refractivity contribution is 5.94. The first kappa shape index (κ1) is 30.0. The molecule has 0 saturated heterocycles. The Labute approximate surface area is 219 Å². The maximum absolute atomic E-state index is 13.2. The zero-order valence-corrected chi connectivity index (χ0v) is 21.2. The number of rotatable bonds is 15. The summed E-state index contributed by atoms with van der Waals surface area (Å²) in [5, 5.41) is 26.2. The van der Waals surface area contributed by atoms with Crippen molar-refractivity contribution in [2.45, 2.75) is 63.7 Å². The Morgan fingerprint density at radius 3 is 2.05 bits per heavy atom. The number of hydrogen-bond donors (Lipinski definition) is 7. The molecule has 0 aliphatic heterocycles. The molecule has 0 aliphatic rings. The van der Waals surface area contributed by atoms with Crippen LogP contribution in [-0.2, 0) is 36.8 Å². The highest BCUT2D eigenvalue weighted by Crippen LogP contribution is 2.08. The molecule has 38 heavy (non-hydrogen) atoms. The minimum Gasteiger partial charge on any atom is -0.481 e. The first-order valence-corrected chi connectivity index (χ1v) is 12.1. The minimum atomic E-state index is -1.32. The van der Waals surface area contributed by atoms with Gasteiger partial charge in [-0.25, -0.2) is 9.78 Å². The molecule has 4 unspecified atom stereocenters. The summed E-state index contributed by atoms with van der Waals surface area (Å²) >= 11 is 0. The van der Waals surface area contributed by atoms with Gasteiger partial charge in [-0.05, 0) is 17.9 Å². The van der Waals surface area contributed by atoms with E-state index in [9.17, 15) is 29.1 Å². The molecule has 4 atom stereocenters. The van der Waals surface area contributed by atoms with Gasteiger partial charge in [0.25, 0.3) is 0 Å². The standard InChI is InChI=1S/C25H34N6O7/c1-14(2)21(26)24(36)29-17(8-9-20(32)33)22(34)30-18(10-15-6-4-3-5-7-15)23(35)31-19(25(37)38)11-16-12-27-13-28-16/h3-7,12-14,17-19,21H,8-11,26H2,1-2H3,(H,27,28)(H,29,36)(H,30,34)(H,31,35)(H,32,33)(H,37,38). The number of nitrogens with zero attached hydrogens (tertiary/aromatic N) is 1. The number of aromatic nitrogens is 2. The minimum absolute atomic E-state index is 0.0138. The normalized spacial score (nSPS) is 14.1. The first-order valence-electron chi connectivity index (χ1n) is 12.1. The van der Waals surface area contributed by atoms with Crippen LogP contribution in [0.2, 0.25) is 0 Å². The predicted octanol–water partition coefficient (Wildman–Crippen LogP) is -0.418. The summed E-state index contributed by atoms with van der Waals surface area (Å²) in [5.41, 5.74) is 7.04. The van der Waals surface area contributed by atoms with Crippen molar-refractivity contribution in [2.75, 3.05) is 0 Å². The van der Waals surface area contributed by atoms with Crippen molar-refractivity contribution < 1.29 is 34.2 Å². The van der Waals surface area contributed by atoms with Gasteiger partial charge < -0.3 is 36.9 Å². The van der Waals surface area contributed by atoms with Gasteiger partial charge in [-0.2, -0.15) is 0 Å². The summed E-state index contributed by atoms with van der Waals surface area (Å²) in [5.74, 6) is -4.90. The number of H-pyrrole nitrogens is 1. The van der Waals surface area contributed by atoms with E-state index in [1.165, 1.54) is 12.5 Å². The molecule has 1 heterocycles. The number of carboxylic acid groups (broad SMARTS) is 2. The second-order valence-electron chi connectivity index (χ2n) is 9.19. The van der Waals surface area contributed by atoms with Crippen molar-refractivity contribution in [1.82, 2.24) is 25.9 Å². The van der Waals surface area contributed by atoms with Gasteiger partial charge in [0.2, 0.25) is 17.7 Å². The van der Waals surface area contributed by atoms with E-state index in [-0.39, 0.29) is 25.2 Å². The van der Waals surface area contributed by atoms with Crippen LogP contribution < -0.4 is 21.7 Å². The molecule has 2 aromatic rings. The van der Waals surface area contributed by atoms with Gasteiger partial charge in [-0.3, -0.25) is 19.2 Å². The van der Waals surface area contributed by atoms with E-state index >= 15 is 0 Å². The highest BCUT2D eigenvalue weighted by atomic mass is 16.4. The monoisotopic (exact) mass is 530 g/mol. The van der Waals surface area contributed by atoms with Gasteiger partial charge >= 0.3 is 11.9 Å². The van der Waals surface area contributed by atoms with Crippen LogP contribution in [0, 0.1) is 5.92 Å². The topological polar surface area (TPSA) is 217 Å². The van der Waals surface area contributed by atoms with E-state index in [2.05, 4.69) is 25.9 Å². The summed E-state index contributed by atoms with van der Waals surface area (Å²) in [6, 6.07) is 3.97. The molecule has 2 rings (SSSR count). The van der Waals surface area contributed by atoms with Crippen molar-refractivity contribution in [1.29, 1.82) is 0 Å². The first-order chi connectivity index (χ1) is 18.0. The Morgan fingerprint density at radius 1 is 0.895 bits per heavy atom. The van der Waals surface area contributed by atoms with Crippen LogP contribution in [0.3, 0.4) is 0 Å². The number of nitrogens with two attached hydrogens (primary N) is 1. The number of carboxylic acids is 2. The van der Waals surface area contributed by atoms with Crippen LogP contribution in [0.25, 0.3) is 0 Å². The predicted molar refractivity (Wildman–Crippen MR) is 136 cm³/mol. The molecule has 13 nitrogen and oxygen atoms in total. The molecule has 8 N–H and O–H groups in total. The van der Waals surface area contributed by atoms with Gasteiger partial charge in [0.15, 0.2) is 0 Å². The fourth-order valence-corrected chi connectivity index (χ4v) is 3.53. The third-order valence-corrected chi connectivity index (χ3v) is 5.81. The Balaban J connectivity index is 2.25. The fraction of sp³-hybridized carbons (Fsp3) is 0.440. The number of nitrogens with one attached hydrogen (secondary N) is 4. The van der Waals surface area contributed by atoms with Crippen LogP contribution in [-0.4, -0.2) is 74.0 Å². The van der Waals surface area contributed by atoms with Crippen molar-refractivity contribution in [3.63, 3.8) is 0 Å². The molecular formula is C25H34N6O7. The molecular weight excluding hydrogens is 496 g/mol. The molecule has 0 spiro atoms. The summed E-state index contributed by atoms with van der Waals surface area (Å²) in [4.78, 5) is 68.5. The molecule has 13 heteroatoms. The van der Waals surface area contributed by atoms with Crippen LogP contribution in [0.15, 0.2) is 42.9 Å². The average Bonchev–Trinajstić information content (AvgIpc) is 3.38. The fourth-order valence-electron chi connectivity index (χ4n) is 3.53. The highest BCUT2D eigenvalue weighted by Gasteiger charge is 2.31. The average molecular weight is 531 g/mol. The molecule has 0 fully saturated rings. The number of carbonyl (C=O) groups excluding carboxylic acids is 3. The quantitative estimate of drug-likeness (QED) is 0.159. The van der Waals surface area contributed by atoms with Gasteiger partial charge in [-0.1, -0.05) is 44.2 Å². The molecule has 0 radical (unpaired) electrons. The van der Waals surface area contributed by atoms with Crippen LogP contribution >= 0.6 is 0 Å². The Kier molecular flexibility index (Phi) is 11.4. The number of benzene rings is 1. The number of aromatic amines is 1. The van der Waals surface area contributed by atoms with Gasteiger partial charge in [0.1, 0.15) is 18.1 Å². The van der Waals surface area contributed by atoms with E-state index < -0.39 is 60.2 Å².